The third-order valence-corrected chi connectivity index (χ3v) is 4.04. The van der Waals surface area contributed by atoms with E-state index in [1.807, 2.05) is 30.3 Å². The van der Waals surface area contributed by atoms with E-state index in [1.165, 1.54) is 0 Å². The fourth-order valence-corrected chi connectivity index (χ4v) is 2.72. The molecule has 8 nitrogen and oxygen atoms in total. The van der Waals surface area contributed by atoms with Crippen molar-refractivity contribution in [2.24, 2.45) is 0 Å². The number of morpholine rings is 1. The molecule has 0 spiro atoms. The molecule has 1 saturated heterocycles. The van der Waals surface area contributed by atoms with E-state index in [4.69, 9.17) is 4.74 Å². The lowest BCUT2D eigenvalue weighted by Gasteiger charge is -2.26. The summed E-state index contributed by atoms with van der Waals surface area (Å²) in [6, 6.07) is 9.74. The van der Waals surface area contributed by atoms with Crippen molar-refractivity contribution >= 4 is 0 Å². The molecule has 1 unspecified atom stereocenters. The van der Waals surface area contributed by atoms with Crippen LogP contribution in [0.25, 0.3) is 11.4 Å². The zero-order valence-electron chi connectivity index (χ0n) is 13.7. The number of hydrogen-bond donors (Lipinski definition) is 2. The van der Waals surface area contributed by atoms with Crippen LogP contribution in [0.1, 0.15) is 0 Å². The molecule has 1 atom stereocenters. The van der Waals surface area contributed by atoms with Crippen LogP contribution in [0.5, 0.6) is 0 Å². The summed E-state index contributed by atoms with van der Waals surface area (Å²) in [7, 11) is 0. The van der Waals surface area contributed by atoms with Crippen LogP contribution in [0, 0.1) is 0 Å². The van der Waals surface area contributed by atoms with Crippen LogP contribution in [0.3, 0.4) is 0 Å². The topological polar surface area (TPSA) is 88.3 Å². The van der Waals surface area contributed by atoms with Crippen molar-refractivity contribution < 1.29 is 9.84 Å². The highest BCUT2D eigenvalue weighted by Crippen LogP contribution is 2.14. The Bertz CT molecular complexity index is 600. The number of tetrazole rings is 1. The summed E-state index contributed by atoms with van der Waals surface area (Å²) >= 11 is 0. The summed E-state index contributed by atoms with van der Waals surface area (Å²) in [6.45, 7) is 6.27. The van der Waals surface area contributed by atoms with Gasteiger partial charge >= 0.3 is 0 Å². The molecule has 0 aliphatic carbocycles. The van der Waals surface area contributed by atoms with Crippen molar-refractivity contribution in [3.8, 4) is 11.4 Å². The van der Waals surface area contributed by atoms with Gasteiger partial charge in [0.15, 0.2) is 5.82 Å². The fourth-order valence-electron chi connectivity index (χ4n) is 2.72. The molecule has 1 aliphatic heterocycles. The number of aromatic nitrogens is 4. The number of aliphatic hydroxyl groups excluding tert-OH is 1. The Kier molecular flexibility index (Phi) is 6.25. The number of hydrogen-bond acceptors (Lipinski definition) is 7. The first kappa shape index (κ1) is 17.0. The van der Waals surface area contributed by atoms with Crippen LogP contribution in [0.15, 0.2) is 30.3 Å². The SMILES string of the molecule is OC(CNCCN1CCOCC1)Cn1nnnc1-c1ccccc1. The first-order valence-electron chi connectivity index (χ1n) is 8.33. The van der Waals surface area contributed by atoms with Gasteiger partial charge in [-0.15, -0.1) is 5.10 Å². The molecule has 2 aromatic rings. The van der Waals surface area contributed by atoms with Crippen LogP contribution in [-0.2, 0) is 11.3 Å². The van der Waals surface area contributed by atoms with E-state index in [0.717, 1.165) is 45.0 Å². The molecule has 1 fully saturated rings. The normalized spacial score (nSPS) is 17.0. The first-order chi connectivity index (χ1) is 11.8. The summed E-state index contributed by atoms with van der Waals surface area (Å²) < 4.78 is 6.97. The van der Waals surface area contributed by atoms with Crippen LogP contribution in [-0.4, -0.2) is 82.3 Å². The predicted octanol–water partition coefficient (Wildman–Crippen LogP) is -0.377. The first-order valence-corrected chi connectivity index (χ1v) is 8.33. The monoisotopic (exact) mass is 332 g/mol. The molecule has 2 heterocycles. The van der Waals surface area contributed by atoms with Gasteiger partial charge in [-0.2, -0.15) is 0 Å². The molecule has 130 valence electrons. The zero-order valence-corrected chi connectivity index (χ0v) is 13.7. The highest BCUT2D eigenvalue weighted by molar-refractivity contribution is 5.53. The average molecular weight is 332 g/mol. The molecular formula is C16H24N6O2. The fraction of sp³-hybridized carbons (Fsp3) is 0.562. The van der Waals surface area contributed by atoms with Crippen molar-refractivity contribution in [2.45, 2.75) is 12.6 Å². The van der Waals surface area contributed by atoms with E-state index in [9.17, 15) is 5.11 Å². The lowest BCUT2D eigenvalue weighted by atomic mass is 10.2. The number of benzene rings is 1. The summed E-state index contributed by atoms with van der Waals surface area (Å²) in [4.78, 5) is 2.36. The summed E-state index contributed by atoms with van der Waals surface area (Å²) in [5.74, 6) is 0.669. The Morgan fingerprint density at radius 2 is 2.00 bits per heavy atom. The molecule has 0 amide bonds. The molecule has 8 heteroatoms. The van der Waals surface area contributed by atoms with Crippen molar-refractivity contribution in [3.05, 3.63) is 30.3 Å². The van der Waals surface area contributed by atoms with Gasteiger partial charge in [-0.05, 0) is 10.4 Å². The molecule has 24 heavy (non-hydrogen) atoms. The zero-order chi connectivity index (χ0) is 16.6. The van der Waals surface area contributed by atoms with Gasteiger partial charge in [0, 0.05) is 38.3 Å². The van der Waals surface area contributed by atoms with Gasteiger partial charge in [0.1, 0.15) is 0 Å². The Hall–Kier alpha value is -1.87. The highest BCUT2D eigenvalue weighted by Gasteiger charge is 2.13. The third kappa shape index (κ3) is 4.81. The number of nitrogens with one attached hydrogen (secondary N) is 1. The van der Waals surface area contributed by atoms with Gasteiger partial charge < -0.3 is 15.2 Å². The quantitative estimate of drug-likeness (QED) is 0.637. The molecule has 2 N–H and O–H groups in total. The minimum Gasteiger partial charge on any atom is -0.390 e. The maximum absolute atomic E-state index is 10.2. The number of nitrogens with zero attached hydrogens (tertiary/aromatic N) is 5. The molecule has 1 aromatic carbocycles. The molecule has 3 rings (SSSR count). The van der Waals surface area contributed by atoms with E-state index in [1.54, 1.807) is 4.68 Å². The number of rotatable bonds is 8. The van der Waals surface area contributed by atoms with Gasteiger partial charge in [-0.3, -0.25) is 4.90 Å². The standard InChI is InChI=1S/C16H24N6O2/c23-15(12-17-6-7-21-8-10-24-11-9-21)13-22-16(18-19-20-22)14-4-2-1-3-5-14/h1-5,15,17,23H,6-13H2. The molecular weight excluding hydrogens is 308 g/mol. The molecule has 1 aromatic heterocycles. The van der Waals surface area contributed by atoms with Crippen LogP contribution in [0.4, 0.5) is 0 Å². The highest BCUT2D eigenvalue weighted by atomic mass is 16.5. The van der Waals surface area contributed by atoms with E-state index < -0.39 is 6.10 Å². The Morgan fingerprint density at radius 1 is 1.21 bits per heavy atom. The summed E-state index contributed by atoms with van der Waals surface area (Å²) in [5, 5.41) is 25.3. The lowest BCUT2D eigenvalue weighted by molar-refractivity contribution is 0.0379. The van der Waals surface area contributed by atoms with Gasteiger partial charge in [0.2, 0.25) is 0 Å². The van der Waals surface area contributed by atoms with Crippen LogP contribution in [0.2, 0.25) is 0 Å². The van der Waals surface area contributed by atoms with Gasteiger partial charge in [-0.25, -0.2) is 4.68 Å². The Balaban J connectivity index is 1.42. The van der Waals surface area contributed by atoms with Crippen molar-refractivity contribution in [3.63, 3.8) is 0 Å². The maximum Gasteiger partial charge on any atom is 0.182 e. The van der Waals surface area contributed by atoms with Gasteiger partial charge in [-0.1, -0.05) is 30.3 Å². The van der Waals surface area contributed by atoms with Gasteiger partial charge in [0.25, 0.3) is 0 Å². The average Bonchev–Trinajstić information content (AvgIpc) is 3.08. The van der Waals surface area contributed by atoms with E-state index in [2.05, 4.69) is 25.7 Å². The minimum atomic E-state index is -0.541. The second-order valence-electron chi connectivity index (χ2n) is 5.86. The largest absolute Gasteiger partial charge is 0.390 e. The predicted molar refractivity (Wildman–Crippen MR) is 89.4 cm³/mol. The minimum absolute atomic E-state index is 0.363. The third-order valence-electron chi connectivity index (χ3n) is 4.04. The second-order valence-corrected chi connectivity index (χ2v) is 5.86. The van der Waals surface area contributed by atoms with Crippen LogP contribution >= 0.6 is 0 Å². The van der Waals surface area contributed by atoms with E-state index in [-0.39, 0.29) is 0 Å². The summed E-state index contributed by atoms with van der Waals surface area (Å²) in [6.07, 6.45) is -0.541. The van der Waals surface area contributed by atoms with Crippen LogP contribution < -0.4 is 5.32 Å². The maximum atomic E-state index is 10.2. The molecule has 1 aliphatic rings. The van der Waals surface area contributed by atoms with Crippen molar-refractivity contribution in [1.82, 2.24) is 30.4 Å². The summed E-state index contributed by atoms with van der Waals surface area (Å²) in [5.41, 5.74) is 0.940. The van der Waals surface area contributed by atoms with Crippen molar-refractivity contribution in [1.29, 1.82) is 0 Å². The smallest absolute Gasteiger partial charge is 0.182 e. The second kappa shape index (κ2) is 8.84. The molecule has 0 bridgehead atoms. The molecule has 0 radical (unpaired) electrons. The Morgan fingerprint density at radius 3 is 2.79 bits per heavy atom. The number of ether oxygens (including phenoxy) is 1. The van der Waals surface area contributed by atoms with E-state index >= 15 is 0 Å². The number of aliphatic hydroxyl groups is 1. The van der Waals surface area contributed by atoms with Gasteiger partial charge in [0.05, 0.1) is 25.9 Å². The Labute approximate surface area is 141 Å². The molecule has 0 saturated carbocycles. The van der Waals surface area contributed by atoms with Crippen molar-refractivity contribution in [2.75, 3.05) is 45.9 Å². The lowest BCUT2D eigenvalue weighted by Crippen LogP contribution is -2.41. The van der Waals surface area contributed by atoms with E-state index in [0.29, 0.717) is 18.9 Å².